The molecule has 0 atom stereocenters. The molecule has 0 saturated carbocycles. The van der Waals surface area contributed by atoms with Gasteiger partial charge in [0.05, 0.1) is 10.9 Å². The Morgan fingerprint density at radius 3 is 2.74 bits per heavy atom. The highest BCUT2D eigenvalue weighted by molar-refractivity contribution is 7.19. The van der Waals surface area contributed by atoms with Gasteiger partial charge in [-0.1, -0.05) is 0 Å². The first kappa shape index (κ1) is 14.4. The third-order valence-corrected chi connectivity index (χ3v) is 5.29. The topological polar surface area (TPSA) is 75.1 Å². The number of nitrogens with one attached hydrogen (secondary N) is 1. The number of aromatic carboxylic acids is 1. The number of fused-ring (bicyclic) bond motifs is 3. The molecule has 1 aliphatic carbocycles. The Hall–Kier alpha value is -2.18. The number of aromatic nitrogens is 2. The van der Waals surface area contributed by atoms with E-state index in [4.69, 9.17) is 16.7 Å². The van der Waals surface area contributed by atoms with E-state index >= 15 is 0 Å². The highest BCUT2D eigenvalue weighted by Gasteiger charge is 2.22. The zero-order chi connectivity index (χ0) is 16.0. The lowest BCUT2D eigenvalue weighted by atomic mass is 10.1. The molecule has 1 aromatic carbocycles. The summed E-state index contributed by atoms with van der Waals surface area (Å²) >= 11 is 7.72. The number of halogens is 1. The van der Waals surface area contributed by atoms with Crippen molar-refractivity contribution in [2.45, 2.75) is 19.3 Å². The summed E-state index contributed by atoms with van der Waals surface area (Å²) in [5.74, 6) is -0.262. The smallest absolute Gasteiger partial charge is 0.335 e. The maximum absolute atomic E-state index is 10.9. The van der Waals surface area contributed by atoms with E-state index in [-0.39, 0.29) is 10.8 Å². The first-order valence-corrected chi connectivity index (χ1v) is 8.39. The summed E-state index contributed by atoms with van der Waals surface area (Å²) in [6, 6.07) is 6.56. The Labute approximate surface area is 141 Å². The van der Waals surface area contributed by atoms with Gasteiger partial charge in [-0.2, -0.15) is 4.98 Å². The second-order valence-corrected chi connectivity index (χ2v) is 6.81. The predicted octanol–water partition coefficient (Wildman–Crippen LogP) is 4.28. The van der Waals surface area contributed by atoms with Gasteiger partial charge in [-0.3, -0.25) is 0 Å². The minimum atomic E-state index is -0.945. The van der Waals surface area contributed by atoms with Gasteiger partial charge in [0.2, 0.25) is 5.28 Å². The van der Waals surface area contributed by atoms with Gasteiger partial charge >= 0.3 is 5.97 Å². The van der Waals surface area contributed by atoms with Crippen LogP contribution in [0.25, 0.3) is 10.2 Å². The minimum absolute atomic E-state index is 0.210. The Bertz CT molecular complexity index is 921. The summed E-state index contributed by atoms with van der Waals surface area (Å²) in [6.45, 7) is 0. The summed E-state index contributed by atoms with van der Waals surface area (Å²) in [4.78, 5) is 21.9. The molecule has 0 fully saturated rings. The van der Waals surface area contributed by atoms with Gasteiger partial charge in [0, 0.05) is 10.6 Å². The zero-order valence-electron chi connectivity index (χ0n) is 12.0. The van der Waals surface area contributed by atoms with Crippen LogP contribution in [0.1, 0.15) is 27.2 Å². The summed E-state index contributed by atoms with van der Waals surface area (Å²) in [6.07, 6.45) is 3.28. The number of hydrogen-bond acceptors (Lipinski definition) is 5. The van der Waals surface area contributed by atoms with Crippen molar-refractivity contribution in [1.82, 2.24) is 9.97 Å². The molecule has 0 unspecified atom stereocenters. The second-order valence-electron chi connectivity index (χ2n) is 5.39. The SMILES string of the molecule is O=C(O)c1ccc(Nc2nc(Cl)nc3sc4c(c23)CCC4)cc1. The fourth-order valence-electron chi connectivity index (χ4n) is 2.89. The molecule has 4 rings (SSSR count). The van der Waals surface area contributed by atoms with E-state index in [2.05, 4.69) is 15.3 Å². The first-order chi connectivity index (χ1) is 11.1. The van der Waals surface area contributed by atoms with Gasteiger partial charge < -0.3 is 10.4 Å². The fraction of sp³-hybridized carbons (Fsp3) is 0.188. The molecule has 0 aliphatic heterocycles. The molecule has 1 aliphatic rings. The molecule has 5 nitrogen and oxygen atoms in total. The molecule has 23 heavy (non-hydrogen) atoms. The third kappa shape index (κ3) is 2.54. The first-order valence-electron chi connectivity index (χ1n) is 7.20. The van der Waals surface area contributed by atoms with Crippen LogP contribution < -0.4 is 5.32 Å². The number of aryl methyl sites for hydroxylation is 2. The summed E-state index contributed by atoms with van der Waals surface area (Å²) < 4.78 is 0. The van der Waals surface area contributed by atoms with E-state index in [1.807, 2.05) is 0 Å². The summed E-state index contributed by atoms with van der Waals surface area (Å²) in [5, 5.41) is 13.5. The van der Waals surface area contributed by atoms with Crippen molar-refractivity contribution in [3.05, 3.63) is 45.6 Å². The van der Waals surface area contributed by atoms with Crippen LogP contribution in [0.5, 0.6) is 0 Å². The van der Waals surface area contributed by atoms with Gasteiger partial charge in [0.15, 0.2) is 0 Å². The number of carbonyl (C=O) groups is 1. The molecule has 0 spiro atoms. The number of hydrogen-bond donors (Lipinski definition) is 2. The zero-order valence-corrected chi connectivity index (χ0v) is 13.5. The molecule has 0 bridgehead atoms. The standard InChI is InChI=1S/C16H12ClN3O2S/c17-16-19-13(18-9-6-4-8(5-7-9)15(21)22)12-10-2-1-3-11(10)23-14(12)20-16/h4-7H,1-3H2,(H,21,22)(H,18,19,20). The van der Waals surface area contributed by atoms with Crippen molar-refractivity contribution in [2.75, 3.05) is 5.32 Å². The Morgan fingerprint density at radius 1 is 1.22 bits per heavy atom. The summed E-state index contributed by atoms with van der Waals surface area (Å²) in [5.41, 5.74) is 2.33. The molecule has 0 saturated heterocycles. The second kappa shape index (κ2) is 5.47. The fourth-order valence-corrected chi connectivity index (χ4v) is 4.37. The monoisotopic (exact) mass is 345 g/mol. The lowest BCUT2D eigenvalue weighted by Crippen LogP contribution is -1.99. The average Bonchev–Trinajstić information content (AvgIpc) is 3.07. The molecule has 0 amide bonds. The van der Waals surface area contributed by atoms with Crippen LogP contribution in [0.2, 0.25) is 5.28 Å². The largest absolute Gasteiger partial charge is 0.478 e. The molecular formula is C16H12ClN3O2S. The van der Waals surface area contributed by atoms with Crippen LogP contribution in [-0.4, -0.2) is 21.0 Å². The van der Waals surface area contributed by atoms with Crippen LogP contribution in [0.3, 0.4) is 0 Å². The van der Waals surface area contributed by atoms with Crippen LogP contribution in [0.15, 0.2) is 24.3 Å². The Balaban J connectivity index is 1.77. The van der Waals surface area contributed by atoms with Crippen molar-refractivity contribution in [3.8, 4) is 0 Å². The molecule has 2 N–H and O–H groups in total. The van der Waals surface area contributed by atoms with Crippen LogP contribution in [0, 0.1) is 0 Å². The average molecular weight is 346 g/mol. The van der Waals surface area contributed by atoms with E-state index in [0.717, 1.165) is 35.2 Å². The number of thiophene rings is 1. The van der Waals surface area contributed by atoms with Gasteiger partial charge in [-0.25, -0.2) is 9.78 Å². The van der Waals surface area contributed by atoms with Crippen molar-refractivity contribution >= 4 is 50.6 Å². The number of benzene rings is 1. The van der Waals surface area contributed by atoms with E-state index in [1.54, 1.807) is 35.6 Å². The predicted molar refractivity (Wildman–Crippen MR) is 91.1 cm³/mol. The highest BCUT2D eigenvalue weighted by atomic mass is 35.5. The van der Waals surface area contributed by atoms with Crippen molar-refractivity contribution in [1.29, 1.82) is 0 Å². The minimum Gasteiger partial charge on any atom is -0.478 e. The lowest BCUT2D eigenvalue weighted by molar-refractivity contribution is 0.0697. The van der Waals surface area contributed by atoms with Gasteiger partial charge in [-0.15, -0.1) is 11.3 Å². The quantitative estimate of drug-likeness (QED) is 0.693. The Morgan fingerprint density at radius 2 is 2.00 bits per heavy atom. The van der Waals surface area contributed by atoms with Crippen molar-refractivity contribution < 1.29 is 9.90 Å². The van der Waals surface area contributed by atoms with Crippen LogP contribution >= 0.6 is 22.9 Å². The highest BCUT2D eigenvalue weighted by Crippen LogP contribution is 2.40. The van der Waals surface area contributed by atoms with E-state index in [1.165, 1.54) is 10.4 Å². The molecule has 0 radical (unpaired) electrons. The molecular weight excluding hydrogens is 334 g/mol. The van der Waals surface area contributed by atoms with E-state index in [0.29, 0.717) is 5.82 Å². The molecule has 3 aromatic rings. The molecule has 2 aromatic heterocycles. The number of carboxylic acids is 1. The van der Waals surface area contributed by atoms with Gasteiger partial charge in [0.25, 0.3) is 0 Å². The van der Waals surface area contributed by atoms with Crippen molar-refractivity contribution in [3.63, 3.8) is 0 Å². The van der Waals surface area contributed by atoms with Crippen LogP contribution in [0.4, 0.5) is 11.5 Å². The van der Waals surface area contributed by atoms with E-state index in [9.17, 15) is 4.79 Å². The van der Waals surface area contributed by atoms with Gasteiger partial charge in [-0.05, 0) is 60.7 Å². The third-order valence-electron chi connectivity index (χ3n) is 3.93. The number of rotatable bonds is 3. The maximum atomic E-state index is 10.9. The molecule has 2 heterocycles. The van der Waals surface area contributed by atoms with Crippen molar-refractivity contribution in [2.24, 2.45) is 0 Å². The molecule has 7 heteroatoms. The van der Waals surface area contributed by atoms with Crippen LogP contribution in [-0.2, 0) is 12.8 Å². The number of anilines is 2. The number of carboxylic acid groups (broad SMARTS) is 1. The number of nitrogens with zero attached hydrogens (tertiary/aromatic N) is 2. The molecule has 116 valence electrons. The summed E-state index contributed by atoms with van der Waals surface area (Å²) in [7, 11) is 0. The Kier molecular flexibility index (Phi) is 3.43. The normalized spacial score (nSPS) is 13.3. The lowest BCUT2D eigenvalue weighted by Gasteiger charge is -2.08. The van der Waals surface area contributed by atoms with Gasteiger partial charge in [0.1, 0.15) is 10.6 Å². The maximum Gasteiger partial charge on any atom is 0.335 e. The van der Waals surface area contributed by atoms with E-state index < -0.39 is 5.97 Å².